The van der Waals surface area contributed by atoms with Gasteiger partial charge in [-0.25, -0.2) is 4.98 Å². The Balaban J connectivity index is 1.30. The van der Waals surface area contributed by atoms with Crippen molar-refractivity contribution >= 4 is 43.4 Å². The third-order valence-corrected chi connectivity index (χ3v) is 6.24. The SMILES string of the molecule is O=C(Cc1ccc(Br)cc1)N1CCN(Cc2nc3ccccc3s2)CC1. The van der Waals surface area contributed by atoms with Gasteiger partial charge in [-0.1, -0.05) is 40.2 Å². The van der Waals surface area contributed by atoms with E-state index in [-0.39, 0.29) is 5.91 Å². The molecule has 134 valence electrons. The van der Waals surface area contributed by atoms with Crippen LogP contribution < -0.4 is 0 Å². The number of piperazine rings is 1. The number of rotatable bonds is 4. The van der Waals surface area contributed by atoms with Crippen LogP contribution in [0.2, 0.25) is 0 Å². The van der Waals surface area contributed by atoms with E-state index >= 15 is 0 Å². The molecule has 0 atom stereocenters. The number of halogens is 1. The van der Waals surface area contributed by atoms with Crippen LogP contribution in [0.15, 0.2) is 53.0 Å². The summed E-state index contributed by atoms with van der Waals surface area (Å²) in [6, 6.07) is 16.2. The number of para-hydroxylation sites is 1. The fourth-order valence-corrected chi connectivity index (χ4v) is 4.50. The lowest BCUT2D eigenvalue weighted by Gasteiger charge is -2.34. The highest BCUT2D eigenvalue weighted by Crippen LogP contribution is 2.23. The van der Waals surface area contributed by atoms with Crippen molar-refractivity contribution in [3.63, 3.8) is 0 Å². The van der Waals surface area contributed by atoms with E-state index in [0.29, 0.717) is 6.42 Å². The molecule has 0 unspecified atom stereocenters. The Morgan fingerprint density at radius 2 is 1.77 bits per heavy atom. The molecule has 26 heavy (non-hydrogen) atoms. The van der Waals surface area contributed by atoms with Gasteiger partial charge in [-0.2, -0.15) is 0 Å². The molecule has 0 aliphatic carbocycles. The van der Waals surface area contributed by atoms with Crippen LogP contribution in [0.3, 0.4) is 0 Å². The molecule has 0 spiro atoms. The number of carbonyl (C=O) groups is 1. The number of benzene rings is 2. The number of carbonyl (C=O) groups excluding carboxylic acids is 1. The Kier molecular flexibility index (Phi) is 5.33. The zero-order valence-electron chi connectivity index (χ0n) is 14.4. The van der Waals surface area contributed by atoms with E-state index in [1.165, 1.54) is 4.70 Å². The van der Waals surface area contributed by atoms with Crippen molar-refractivity contribution in [2.24, 2.45) is 0 Å². The molecule has 0 N–H and O–H groups in total. The van der Waals surface area contributed by atoms with Crippen molar-refractivity contribution in [2.75, 3.05) is 26.2 Å². The number of fused-ring (bicyclic) bond motifs is 1. The fraction of sp³-hybridized carbons (Fsp3) is 0.300. The Morgan fingerprint density at radius 3 is 2.50 bits per heavy atom. The van der Waals surface area contributed by atoms with Crippen LogP contribution in [0.25, 0.3) is 10.2 Å². The first kappa shape index (κ1) is 17.6. The normalized spacial score (nSPS) is 15.5. The van der Waals surface area contributed by atoms with Crippen LogP contribution in [0.4, 0.5) is 0 Å². The molecule has 1 amide bonds. The van der Waals surface area contributed by atoms with Gasteiger partial charge in [0.25, 0.3) is 0 Å². The first-order chi connectivity index (χ1) is 12.7. The van der Waals surface area contributed by atoms with Gasteiger partial charge in [-0.3, -0.25) is 9.69 Å². The average Bonchev–Trinajstić information content (AvgIpc) is 3.06. The smallest absolute Gasteiger partial charge is 0.227 e. The fourth-order valence-electron chi connectivity index (χ4n) is 3.22. The van der Waals surface area contributed by atoms with Crippen LogP contribution in [0.5, 0.6) is 0 Å². The summed E-state index contributed by atoms with van der Waals surface area (Å²) in [4.78, 5) is 21.6. The summed E-state index contributed by atoms with van der Waals surface area (Å²) in [7, 11) is 0. The molecule has 1 aliphatic rings. The van der Waals surface area contributed by atoms with Crippen molar-refractivity contribution < 1.29 is 4.79 Å². The molecule has 1 aliphatic heterocycles. The van der Waals surface area contributed by atoms with E-state index in [1.54, 1.807) is 11.3 Å². The molecule has 3 aromatic rings. The number of aromatic nitrogens is 1. The van der Waals surface area contributed by atoms with E-state index in [0.717, 1.165) is 53.3 Å². The summed E-state index contributed by atoms with van der Waals surface area (Å²) in [5.74, 6) is 0.215. The van der Waals surface area contributed by atoms with Crippen molar-refractivity contribution in [2.45, 2.75) is 13.0 Å². The summed E-state index contributed by atoms with van der Waals surface area (Å²) in [6.45, 7) is 4.26. The predicted molar refractivity (Wildman–Crippen MR) is 109 cm³/mol. The summed E-state index contributed by atoms with van der Waals surface area (Å²) >= 11 is 5.19. The second-order valence-electron chi connectivity index (χ2n) is 6.54. The van der Waals surface area contributed by atoms with Gasteiger partial charge in [0, 0.05) is 30.7 Å². The zero-order chi connectivity index (χ0) is 17.9. The predicted octanol–water partition coefficient (Wildman–Crippen LogP) is 3.95. The van der Waals surface area contributed by atoms with Crippen molar-refractivity contribution in [3.8, 4) is 0 Å². The molecule has 2 heterocycles. The molecular weight excluding hydrogens is 410 g/mol. The number of nitrogens with zero attached hydrogens (tertiary/aromatic N) is 3. The zero-order valence-corrected chi connectivity index (χ0v) is 16.8. The third-order valence-electron chi connectivity index (χ3n) is 4.69. The van der Waals surface area contributed by atoms with E-state index < -0.39 is 0 Å². The van der Waals surface area contributed by atoms with Crippen molar-refractivity contribution in [1.82, 2.24) is 14.8 Å². The Hall–Kier alpha value is -1.76. The number of thiazole rings is 1. The first-order valence-electron chi connectivity index (χ1n) is 8.76. The lowest BCUT2D eigenvalue weighted by Crippen LogP contribution is -2.48. The topological polar surface area (TPSA) is 36.4 Å². The quantitative estimate of drug-likeness (QED) is 0.629. The third kappa shape index (κ3) is 4.14. The van der Waals surface area contributed by atoms with E-state index in [1.807, 2.05) is 35.2 Å². The largest absolute Gasteiger partial charge is 0.340 e. The van der Waals surface area contributed by atoms with Crippen molar-refractivity contribution in [3.05, 3.63) is 63.6 Å². The highest BCUT2D eigenvalue weighted by Gasteiger charge is 2.22. The maximum absolute atomic E-state index is 12.5. The lowest BCUT2D eigenvalue weighted by molar-refractivity contribution is -0.132. The molecule has 0 radical (unpaired) electrons. The minimum absolute atomic E-state index is 0.215. The number of amides is 1. The van der Waals surface area contributed by atoms with Gasteiger partial charge in [0.05, 0.1) is 23.2 Å². The first-order valence-corrected chi connectivity index (χ1v) is 10.4. The summed E-state index contributed by atoms with van der Waals surface area (Å²) in [5, 5.41) is 1.15. The van der Waals surface area contributed by atoms with Crippen LogP contribution in [0.1, 0.15) is 10.6 Å². The number of hydrogen-bond acceptors (Lipinski definition) is 4. The molecule has 0 bridgehead atoms. The maximum atomic E-state index is 12.5. The Labute approximate surface area is 165 Å². The highest BCUT2D eigenvalue weighted by molar-refractivity contribution is 9.10. The van der Waals surface area contributed by atoms with Gasteiger partial charge in [-0.05, 0) is 29.8 Å². The molecule has 1 fully saturated rings. The molecule has 0 saturated carbocycles. The van der Waals surface area contributed by atoms with Crippen LogP contribution in [0, 0.1) is 0 Å². The van der Waals surface area contributed by atoms with Gasteiger partial charge in [0.2, 0.25) is 5.91 Å². The molecule has 4 nitrogen and oxygen atoms in total. The Morgan fingerprint density at radius 1 is 1.04 bits per heavy atom. The van der Waals surface area contributed by atoms with E-state index in [9.17, 15) is 4.79 Å². The lowest BCUT2D eigenvalue weighted by atomic mass is 10.1. The number of hydrogen-bond donors (Lipinski definition) is 0. The molecule has 4 rings (SSSR count). The molecule has 2 aromatic carbocycles. The minimum atomic E-state index is 0.215. The van der Waals surface area contributed by atoms with Gasteiger partial charge < -0.3 is 4.90 Å². The molecule has 1 aromatic heterocycles. The molecular formula is C20H20BrN3OS. The average molecular weight is 430 g/mol. The second-order valence-corrected chi connectivity index (χ2v) is 8.57. The van der Waals surface area contributed by atoms with Crippen LogP contribution in [-0.2, 0) is 17.8 Å². The molecule has 6 heteroatoms. The second kappa shape index (κ2) is 7.86. The van der Waals surface area contributed by atoms with Gasteiger partial charge in [-0.15, -0.1) is 11.3 Å². The van der Waals surface area contributed by atoms with Crippen molar-refractivity contribution in [1.29, 1.82) is 0 Å². The van der Waals surface area contributed by atoms with Gasteiger partial charge in [0.15, 0.2) is 0 Å². The summed E-state index contributed by atoms with van der Waals surface area (Å²) in [6.07, 6.45) is 0.477. The highest BCUT2D eigenvalue weighted by atomic mass is 79.9. The van der Waals surface area contributed by atoms with Gasteiger partial charge >= 0.3 is 0 Å². The van der Waals surface area contributed by atoms with Crippen LogP contribution >= 0.6 is 27.3 Å². The van der Waals surface area contributed by atoms with E-state index in [2.05, 4.69) is 39.0 Å². The monoisotopic (exact) mass is 429 g/mol. The summed E-state index contributed by atoms with van der Waals surface area (Å²) in [5.41, 5.74) is 2.14. The van der Waals surface area contributed by atoms with Gasteiger partial charge in [0.1, 0.15) is 5.01 Å². The van der Waals surface area contributed by atoms with Crippen LogP contribution in [-0.4, -0.2) is 46.9 Å². The maximum Gasteiger partial charge on any atom is 0.227 e. The molecule has 1 saturated heterocycles. The Bertz CT molecular complexity index is 868. The standard InChI is InChI=1S/C20H20BrN3OS/c21-16-7-5-15(6-8-16)13-20(25)24-11-9-23(10-12-24)14-19-22-17-3-1-2-4-18(17)26-19/h1-8H,9-14H2. The summed E-state index contributed by atoms with van der Waals surface area (Å²) < 4.78 is 2.28. The minimum Gasteiger partial charge on any atom is -0.340 e. The van der Waals surface area contributed by atoms with E-state index in [4.69, 9.17) is 4.98 Å².